The first-order chi connectivity index (χ1) is 13.1. The lowest BCUT2D eigenvalue weighted by atomic mass is 10.0. The van der Waals surface area contributed by atoms with Gasteiger partial charge in [0.15, 0.2) is 0 Å². The zero-order chi connectivity index (χ0) is 19.1. The second-order valence-electron chi connectivity index (χ2n) is 6.84. The number of carbonyl (C=O) groups is 1. The standard InChI is InChI=1S/C24H26N2O/c1-18-12-14-20(15-13-18)16-17-25-23(21-9-4-3-5-10-21)24(27)26-22-11-7-6-8-19(22)2/h3-15,23,25H,16-17H2,1-2H3,(H,26,27)/t23-/m1/s1. The zero-order valence-corrected chi connectivity index (χ0v) is 15.9. The molecule has 0 saturated carbocycles. The summed E-state index contributed by atoms with van der Waals surface area (Å²) in [4.78, 5) is 13.0. The van der Waals surface area contributed by atoms with Crippen molar-refractivity contribution in [2.24, 2.45) is 0 Å². The zero-order valence-electron chi connectivity index (χ0n) is 15.9. The van der Waals surface area contributed by atoms with Crippen LogP contribution in [0.5, 0.6) is 0 Å². The van der Waals surface area contributed by atoms with Crippen molar-refractivity contribution >= 4 is 11.6 Å². The minimum atomic E-state index is -0.392. The van der Waals surface area contributed by atoms with E-state index in [9.17, 15) is 4.79 Å². The Balaban J connectivity index is 1.70. The summed E-state index contributed by atoms with van der Waals surface area (Å²) in [7, 11) is 0. The summed E-state index contributed by atoms with van der Waals surface area (Å²) in [5, 5.41) is 6.49. The molecule has 3 nitrogen and oxygen atoms in total. The lowest BCUT2D eigenvalue weighted by Gasteiger charge is -2.20. The SMILES string of the molecule is Cc1ccc(CCN[C@@H](C(=O)Nc2ccccc2C)c2ccccc2)cc1. The molecule has 0 aliphatic heterocycles. The van der Waals surface area contributed by atoms with Crippen molar-refractivity contribution in [3.8, 4) is 0 Å². The van der Waals surface area contributed by atoms with E-state index in [1.165, 1.54) is 11.1 Å². The van der Waals surface area contributed by atoms with E-state index in [4.69, 9.17) is 0 Å². The Labute approximate surface area is 161 Å². The van der Waals surface area contributed by atoms with Crippen molar-refractivity contribution in [3.05, 3.63) is 101 Å². The molecule has 0 unspecified atom stereocenters. The maximum Gasteiger partial charge on any atom is 0.246 e. The third-order valence-electron chi connectivity index (χ3n) is 4.68. The number of para-hydroxylation sites is 1. The third kappa shape index (κ3) is 5.28. The van der Waals surface area contributed by atoms with E-state index in [0.717, 1.165) is 29.8 Å². The number of hydrogen-bond acceptors (Lipinski definition) is 2. The number of rotatable bonds is 7. The van der Waals surface area contributed by atoms with Gasteiger partial charge in [-0.15, -0.1) is 0 Å². The molecule has 2 N–H and O–H groups in total. The van der Waals surface area contributed by atoms with Gasteiger partial charge in [0.1, 0.15) is 6.04 Å². The Hall–Kier alpha value is -2.91. The van der Waals surface area contributed by atoms with Crippen LogP contribution >= 0.6 is 0 Å². The lowest BCUT2D eigenvalue weighted by Crippen LogP contribution is -2.34. The number of anilines is 1. The van der Waals surface area contributed by atoms with Gasteiger partial charge in [0.2, 0.25) is 5.91 Å². The Morgan fingerprint density at radius 1 is 0.852 bits per heavy atom. The molecule has 3 rings (SSSR count). The molecule has 1 atom stereocenters. The first-order valence-electron chi connectivity index (χ1n) is 9.34. The molecule has 0 bridgehead atoms. The number of hydrogen-bond donors (Lipinski definition) is 2. The lowest BCUT2D eigenvalue weighted by molar-refractivity contribution is -0.118. The fourth-order valence-corrected chi connectivity index (χ4v) is 3.04. The second kappa shape index (κ2) is 9.15. The van der Waals surface area contributed by atoms with Crippen LogP contribution in [0.1, 0.15) is 28.3 Å². The van der Waals surface area contributed by atoms with Crippen molar-refractivity contribution in [1.29, 1.82) is 0 Å². The summed E-state index contributed by atoms with van der Waals surface area (Å²) in [5.41, 5.74) is 5.39. The number of nitrogens with one attached hydrogen (secondary N) is 2. The highest BCUT2D eigenvalue weighted by molar-refractivity contribution is 5.96. The average Bonchev–Trinajstić information content (AvgIpc) is 2.69. The molecule has 3 heteroatoms. The van der Waals surface area contributed by atoms with E-state index in [1.54, 1.807) is 0 Å². The van der Waals surface area contributed by atoms with E-state index >= 15 is 0 Å². The van der Waals surface area contributed by atoms with Crippen LogP contribution in [-0.4, -0.2) is 12.5 Å². The number of aryl methyl sites for hydroxylation is 2. The predicted molar refractivity (Wildman–Crippen MR) is 112 cm³/mol. The van der Waals surface area contributed by atoms with E-state index in [-0.39, 0.29) is 5.91 Å². The molecule has 0 saturated heterocycles. The molecule has 0 spiro atoms. The minimum Gasteiger partial charge on any atom is -0.324 e. The molecular weight excluding hydrogens is 332 g/mol. The van der Waals surface area contributed by atoms with Gasteiger partial charge in [0, 0.05) is 12.2 Å². The molecule has 27 heavy (non-hydrogen) atoms. The van der Waals surface area contributed by atoms with Gasteiger partial charge in [0.05, 0.1) is 0 Å². The maximum atomic E-state index is 13.0. The van der Waals surface area contributed by atoms with Gasteiger partial charge in [-0.25, -0.2) is 0 Å². The highest BCUT2D eigenvalue weighted by atomic mass is 16.2. The summed E-state index contributed by atoms with van der Waals surface area (Å²) < 4.78 is 0. The van der Waals surface area contributed by atoms with Crippen LogP contribution in [0.2, 0.25) is 0 Å². The van der Waals surface area contributed by atoms with Crippen molar-refractivity contribution in [2.75, 3.05) is 11.9 Å². The first kappa shape index (κ1) is 18.9. The van der Waals surface area contributed by atoms with Crippen molar-refractivity contribution < 1.29 is 4.79 Å². The molecule has 0 radical (unpaired) electrons. The summed E-state index contributed by atoms with van der Waals surface area (Å²) in [5.74, 6) is -0.0422. The Kier molecular flexibility index (Phi) is 6.39. The summed E-state index contributed by atoms with van der Waals surface area (Å²) >= 11 is 0. The van der Waals surface area contributed by atoms with Crippen LogP contribution in [-0.2, 0) is 11.2 Å². The number of benzene rings is 3. The fraction of sp³-hybridized carbons (Fsp3) is 0.208. The average molecular weight is 358 g/mol. The summed E-state index contributed by atoms with van der Waals surface area (Å²) in [6.07, 6.45) is 0.876. The highest BCUT2D eigenvalue weighted by Crippen LogP contribution is 2.18. The molecule has 0 aliphatic carbocycles. The van der Waals surface area contributed by atoms with Crippen LogP contribution in [0.15, 0.2) is 78.9 Å². The normalized spacial score (nSPS) is 11.8. The van der Waals surface area contributed by atoms with E-state index in [0.29, 0.717) is 0 Å². The van der Waals surface area contributed by atoms with Gasteiger partial charge < -0.3 is 10.6 Å². The molecule has 138 valence electrons. The van der Waals surface area contributed by atoms with E-state index < -0.39 is 6.04 Å². The molecule has 1 amide bonds. The maximum absolute atomic E-state index is 13.0. The topological polar surface area (TPSA) is 41.1 Å². The molecule has 3 aromatic rings. The van der Waals surface area contributed by atoms with Crippen molar-refractivity contribution in [2.45, 2.75) is 26.3 Å². The summed E-state index contributed by atoms with van der Waals surface area (Å²) in [6, 6.07) is 25.8. The second-order valence-corrected chi connectivity index (χ2v) is 6.84. The van der Waals surface area contributed by atoms with Crippen molar-refractivity contribution in [1.82, 2.24) is 5.32 Å². The van der Waals surface area contributed by atoms with Crippen LogP contribution in [0.25, 0.3) is 0 Å². The van der Waals surface area contributed by atoms with Gasteiger partial charge in [-0.2, -0.15) is 0 Å². The van der Waals surface area contributed by atoms with Gasteiger partial charge in [-0.1, -0.05) is 78.4 Å². The Bertz CT molecular complexity index is 872. The van der Waals surface area contributed by atoms with Gasteiger partial charge in [-0.3, -0.25) is 4.79 Å². The minimum absolute atomic E-state index is 0.0422. The molecule has 0 aliphatic rings. The number of amides is 1. The molecular formula is C24H26N2O. The van der Waals surface area contributed by atoms with Gasteiger partial charge in [-0.05, 0) is 43.0 Å². The van der Waals surface area contributed by atoms with Crippen LogP contribution in [0.4, 0.5) is 5.69 Å². The highest BCUT2D eigenvalue weighted by Gasteiger charge is 2.20. The smallest absolute Gasteiger partial charge is 0.246 e. The van der Waals surface area contributed by atoms with Crippen molar-refractivity contribution in [3.63, 3.8) is 0 Å². The largest absolute Gasteiger partial charge is 0.324 e. The fourth-order valence-electron chi connectivity index (χ4n) is 3.04. The molecule has 0 heterocycles. The quantitative estimate of drug-likeness (QED) is 0.636. The summed E-state index contributed by atoms with van der Waals surface area (Å²) in [6.45, 7) is 4.81. The van der Waals surface area contributed by atoms with Crippen LogP contribution in [0.3, 0.4) is 0 Å². The third-order valence-corrected chi connectivity index (χ3v) is 4.68. The molecule has 0 aromatic heterocycles. The molecule has 0 fully saturated rings. The van der Waals surface area contributed by atoms with E-state index in [1.807, 2.05) is 61.5 Å². The van der Waals surface area contributed by atoms with Crippen LogP contribution < -0.4 is 10.6 Å². The Morgan fingerprint density at radius 3 is 2.22 bits per heavy atom. The van der Waals surface area contributed by atoms with Gasteiger partial charge in [0.25, 0.3) is 0 Å². The Morgan fingerprint density at radius 2 is 1.52 bits per heavy atom. The predicted octanol–water partition coefficient (Wildman–Crippen LogP) is 4.82. The molecule has 3 aromatic carbocycles. The van der Waals surface area contributed by atoms with Crippen LogP contribution in [0, 0.1) is 13.8 Å². The first-order valence-corrected chi connectivity index (χ1v) is 9.34. The van der Waals surface area contributed by atoms with E-state index in [2.05, 4.69) is 41.8 Å². The van der Waals surface area contributed by atoms with Gasteiger partial charge >= 0.3 is 0 Å². The monoisotopic (exact) mass is 358 g/mol. The number of carbonyl (C=O) groups excluding carboxylic acids is 1.